The van der Waals surface area contributed by atoms with E-state index in [0.29, 0.717) is 25.3 Å². The van der Waals surface area contributed by atoms with Crippen LogP contribution in [0.4, 0.5) is 0 Å². The zero-order valence-corrected chi connectivity index (χ0v) is 20.0. The highest BCUT2D eigenvalue weighted by Crippen LogP contribution is 2.38. The first-order chi connectivity index (χ1) is 15.5. The van der Waals surface area contributed by atoms with Crippen LogP contribution in [-0.4, -0.2) is 46.8 Å². The number of aromatic nitrogens is 2. The molecule has 0 amide bonds. The Bertz CT molecular complexity index is 915. The Balaban J connectivity index is 1.94. The highest BCUT2D eigenvalue weighted by molar-refractivity contribution is 8.11. The van der Waals surface area contributed by atoms with Crippen molar-refractivity contribution in [3.05, 3.63) is 69.6 Å². The molecular weight excluding hydrogens is 453 g/mol. The van der Waals surface area contributed by atoms with Gasteiger partial charge in [-0.1, -0.05) is 49.6 Å². The number of nitrogens with one attached hydrogen (secondary N) is 2. The van der Waals surface area contributed by atoms with Gasteiger partial charge in [0.15, 0.2) is 5.62 Å². The van der Waals surface area contributed by atoms with E-state index in [1.54, 1.807) is 6.08 Å². The molecule has 0 saturated carbocycles. The molecule has 9 nitrogen and oxygen atoms in total. The lowest BCUT2D eigenvalue weighted by Crippen LogP contribution is -2.33. The van der Waals surface area contributed by atoms with Crippen molar-refractivity contribution in [2.24, 2.45) is 5.92 Å². The van der Waals surface area contributed by atoms with Gasteiger partial charge in [0.05, 0.1) is 19.3 Å². The average Bonchev–Trinajstić information content (AvgIpc) is 3.14. The fourth-order valence-corrected chi connectivity index (χ4v) is 4.62. The van der Waals surface area contributed by atoms with Gasteiger partial charge < -0.3 is 13.8 Å². The van der Waals surface area contributed by atoms with Crippen molar-refractivity contribution < 1.29 is 18.6 Å². The summed E-state index contributed by atoms with van der Waals surface area (Å²) in [6.07, 6.45) is 8.94. The Hall–Kier alpha value is -1.81. The molecule has 2 heterocycles. The molecule has 0 aromatic carbocycles. The standard InChI is InChI=1S/C21H30N3O6PS/c1-4-6-7-17(5-2)13-22-31(28-10-11-32-15-25)29-14-18-12-16(3)20(30-18)24-9-8-19(26)23-21(24)27/h4-9,15-16,18,20,22H,1,10-14H2,2-3H3,(H,23,26,27)/b7-6-,17-5+. The number of carbonyl (C=O) groups is 1. The maximum Gasteiger partial charge on any atom is 0.330 e. The highest BCUT2D eigenvalue weighted by Gasteiger charge is 2.34. The molecule has 176 valence electrons. The number of hydrogen-bond donors (Lipinski definition) is 2. The van der Waals surface area contributed by atoms with E-state index in [9.17, 15) is 14.4 Å². The van der Waals surface area contributed by atoms with Crippen molar-refractivity contribution in [3.63, 3.8) is 0 Å². The number of allylic oxidation sites excluding steroid dienone is 3. The predicted molar refractivity (Wildman–Crippen MR) is 128 cm³/mol. The second kappa shape index (κ2) is 14.4. The van der Waals surface area contributed by atoms with E-state index >= 15 is 0 Å². The number of H-pyrrole nitrogens is 1. The summed E-state index contributed by atoms with van der Waals surface area (Å²) in [7, 11) is -1.42. The third kappa shape index (κ3) is 8.61. The van der Waals surface area contributed by atoms with Crippen molar-refractivity contribution in [2.75, 3.05) is 25.5 Å². The van der Waals surface area contributed by atoms with Crippen LogP contribution in [0.5, 0.6) is 0 Å². The molecule has 0 radical (unpaired) electrons. The predicted octanol–water partition coefficient (Wildman–Crippen LogP) is 2.92. The summed E-state index contributed by atoms with van der Waals surface area (Å²) in [6.45, 7) is 8.81. The monoisotopic (exact) mass is 483 g/mol. The maximum atomic E-state index is 12.1. The molecule has 1 aliphatic heterocycles. The number of nitrogens with zero attached hydrogens (tertiary/aromatic N) is 1. The van der Waals surface area contributed by atoms with Gasteiger partial charge in [0, 0.05) is 30.5 Å². The highest BCUT2D eigenvalue weighted by atomic mass is 32.2. The second-order valence-corrected chi connectivity index (χ2v) is 9.31. The van der Waals surface area contributed by atoms with Crippen LogP contribution in [0.25, 0.3) is 0 Å². The van der Waals surface area contributed by atoms with Crippen LogP contribution < -0.4 is 16.3 Å². The molecular formula is C21H30N3O6PS. The van der Waals surface area contributed by atoms with Crippen LogP contribution in [-0.2, 0) is 18.6 Å². The van der Waals surface area contributed by atoms with Crippen LogP contribution in [0.15, 0.2) is 58.3 Å². The molecule has 1 fully saturated rings. The summed E-state index contributed by atoms with van der Waals surface area (Å²) in [4.78, 5) is 36.2. The minimum absolute atomic E-state index is 0.0648. The molecule has 11 heteroatoms. The molecule has 1 aliphatic rings. The van der Waals surface area contributed by atoms with E-state index in [1.807, 2.05) is 32.1 Å². The van der Waals surface area contributed by atoms with Crippen molar-refractivity contribution in [3.8, 4) is 0 Å². The SMILES string of the molecule is C=C/C=C\C(=C/C)CNP(OCCSC=O)OCC1CC(C)C(n2ccc(=O)[nH]c2=O)O1. The fourth-order valence-electron chi connectivity index (χ4n) is 3.09. The van der Waals surface area contributed by atoms with Crippen molar-refractivity contribution in [1.82, 2.24) is 14.6 Å². The zero-order chi connectivity index (χ0) is 23.3. The van der Waals surface area contributed by atoms with E-state index in [0.717, 1.165) is 23.0 Å². The van der Waals surface area contributed by atoms with E-state index in [4.69, 9.17) is 13.8 Å². The lowest BCUT2D eigenvalue weighted by molar-refractivity contribution is -0.0300. The normalized spacial score (nSPS) is 22.3. The van der Waals surface area contributed by atoms with Gasteiger partial charge in [-0.3, -0.25) is 19.1 Å². The Morgan fingerprint density at radius 1 is 1.47 bits per heavy atom. The Morgan fingerprint density at radius 3 is 2.97 bits per heavy atom. The first-order valence-corrected chi connectivity index (χ1v) is 12.5. The van der Waals surface area contributed by atoms with Gasteiger partial charge in [-0.25, -0.2) is 9.88 Å². The topological polar surface area (TPSA) is 112 Å². The number of carbonyl (C=O) groups excluding carboxylic acids is 1. The Kier molecular flexibility index (Phi) is 11.9. The van der Waals surface area contributed by atoms with Crippen molar-refractivity contribution >= 4 is 25.9 Å². The summed E-state index contributed by atoms with van der Waals surface area (Å²) < 4.78 is 19.2. The van der Waals surface area contributed by atoms with Gasteiger partial charge >= 0.3 is 5.69 Å². The molecule has 1 aromatic heterocycles. The lowest BCUT2D eigenvalue weighted by Gasteiger charge is -2.21. The molecule has 0 bridgehead atoms. The van der Waals surface area contributed by atoms with Crippen molar-refractivity contribution in [2.45, 2.75) is 32.6 Å². The smallest absolute Gasteiger partial charge is 0.330 e. The minimum atomic E-state index is -1.42. The summed E-state index contributed by atoms with van der Waals surface area (Å²) in [5.74, 6) is 0.601. The maximum absolute atomic E-state index is 12.1. The van der Waals surface area contributed by atoms with Gasteiger partial charge in [-0.05, 0) is 18.9 Å². The summed E-state index contributed by atoms with van der Waals surface area (Å²) in [5, 5.41) is 3.27. The van der Waals surface area contributed by atoms with Crippen LogP contribution >= 0.6 is 20.3 Å². The van der Waals surface area contributed by atoms with Gasteiger partial charge in [-0.15, -0.1) is 0 Å². The van der Waals surface area contributed by atoms with Gasteiger partial charge in [0.1, 0.15) is 6.23 Å². The number of thioether (sulfide) groups is 1. The molecule has 4 unspecified atom stereocenters. The zero-order valence-electron chi connectivity index (χ0n) is 18.3. The molecule has 1 saturated heterocycles. The van der Waals surface area contributed by atoms with Gasteiger partial charge in [0.25, 0.3) is 14.1 Å². The van der Waals surface area contributed by atoms with E-state index in [-0.39, 0.29) is 18.6 Å². The third-order valence-electron chi connectivity index (χ3n) is 4.66. The van der Waals surface area contributed by atoms with Gasteiger partial charge in [0.2, 0.25) is 0 Å². The number of aromatic amines is 1. The largest absolute Gasteiger partial charge is 0.352 e. The van der Waals surface area contributed by atoms with Crippen LogP contribution in [0.1, 0.15) is 26.5 Å². The van der Waals surface area contributed by atoms with E-state index < -0.39 is 26.0 Å². The summed E-state index contributed by atoms with van der Waals surface area (Å²) >= 11 is 1.14. The van der Waals surface area contributed by atoms with Crippen molar-refractivity contribution in [1.29, 1.82) is 0 Å². The quantitative estimate of drug-likeness (QED) is 0.180. The van der Waals surface area contributed by atoms with E-state index in [1.165, 1.54) is 16.8 Å². The summed E-state index contributed by atoms with van der Waals surface area (Å²) in [5.41, 5.74) is 0.893. The molecule has 2 rings (SSSR count). The summed E-state index contributed by atoms with van der Waals surface area (Å²) in [6, 6.07) is 1.30. The second-order valence-electron chi connectivity index (χ2n) is 7.03. The van der Waals surface area contributed by atoms with Crippen LogP contribution in [0, 0.1) is 5.92 Å². The molecule has 2 N–H and O–H groups in total. The fraction of sp³-hybridized carbons (Fsp3) is 0.476. The Labute approximate surface area is 192 Å². The third-order valence-corrected chi connectivity index (χ3v) is 6.42. The number of ether oxygens (including phenoxy) is 1. The van der Waals surface area contributed by atoms with Crippen LogP contribution in [0.3, 0.4) is 0 Å². The number of hydrogen-bond acceptors (Lipinski definition) is 8. The number of rotatable bonds is 14. The molecule has 32 heavy (non-hydrogen) atoms. The molecule has 0 spiro atoms. The lowest BCUT2D eigenvalue weighted by atomic mass is 10.1. The Morgan fingerprint density at radius 2 is 2.28 bits per heavy atom. The minimum Gasteiger partial charge on any atom is -0.352 e. The molecule has 1 aromatic rings. The van der Waals surface area contributed by atoms with Crippen LogP contribution in [0.2, 0.25) is 0 Å². The average molecular weight is 484 g/mol. The first-order valence-electron chi connectivity index (χ1n) is 10.2. The van der Waals surface area contributed by atoms with E-state index in [2.05, 4.69) is 16.7 Å². The first kappa shape index (κ1) is 26.4. The molecule has 4 atom stereocenters. The molecule has 0 aliphatic carbocycles. The van der Waals surface area contributed by atoms with Gasteiger partial charge in [-0.2, -0.15) is 0 Å².